The first-order valence-electron chi connectivity index (χ1n) is 4.37. The molecule has 0 aliphatic heterocycles. The van der Waals surface area contributed by atoms with Gasteiger partial charge in [-0.2, -0.15) is 5.26 Å². The first-order chi connectivity index (χ1) is 5.97. The van der Waals surface area contributed by atoms with Gasteiger partial charge in [0.25, 0.3) is 0 Å². The molecule has 0 heterocycles. The van der Waals surface area contributed by atoms with E-state index in [1.165, 1.54) is 0 Å². The molecule has 0 unspecified atom stereocenters. The molecule has 1 N–H and O–H groups in total. The van der Waals surface area contributed by atoms with Crippen molar-refractivity contribution in [2.24, 2.45) is 5.92 Å². The summed E-state index contributed by atoms with van der Waals surface area (Å²) in [7, 11) is 0. The van der Waals surface area contributed by atoms with Crippen LogP contribution in [0.3, 0.4) is 0 Å². The summed E-state index contributed by atoms with van der Waals surface area (Å²) in [5.41, 5.74) is -1.70. The van der Waals surface area contributed by atoms with Crippen molar-refractivity contribution < 1.29 is 9.18 Å². The molecule has 1 saturated carbocycles. The Morgan fingerprint density at radius 3 is 2.62 bits per heavy atom. The van der Waals surface area contributed by atoms with Gasteiger partial charge in [0.05, 0.1) is 0 Å². The summed E-state index contributed by atoms with van der Waals surface area (Å²) < 4.78 is 13.0. The molecule has 1 aliphatic rings. The number of hydrogen-bond acceptors (Lipinski definition) is 2. The van der Waals surface area contributed by atoms with Gasteiger partial charge in [-0.25, -0.2) is 4.39 Å². The Morgan fingerprint density at radius 1 is 1.69 bits per heavy atom. The quantitative estimate of drug-likeness (QED) is 0.700. The molecule has 0 radical (unpaired) electrons. The maximum absolute atomic E-state index is 13.0. The summed E-state index contributed by atoms with van der Waals surface area (Å²) in [6, 6.07) is 1.44. The molecular weight excluding hydrogens is 171 g/mol. The second kappa shape index (κ2) is 3.33. The maximum atomic E-state index is 13.0. The molecule has 0 aromatic heterocycles. The van der Waals surface area contributed by atoms with Gasteiger partial charge < -0.3 is 5.32 Å². The fraction of sp³-hybridized carbons (Fsp3) is 0.778. The lowest BCUT2D eigenvalue weighted by molar-refractivity contribution is -0.126. The fourth-order valence-electron chi connectivity index (χ4n) is 1.28. The van der Waals surface area contributed by atoms with Crippen LogP contribution in [-0.2, 0) is 4.79 Å². The molecule has 0 spiro atoms. The molecule has 13 heavy (non-hydrogen) atoms. The Kier molecular flexibility index (Phi) is 2.55. The second-order valence-corrected chi connectivity index (χ2v) is 3.85. The Morgan fingerprint density at radius 2 is 2.23 bits per heavy atom. The first kappa shape index (κ1) is 9.97. The monoisotopic (exact) mass is 184 g/mol. The molecular formula is C9H13FN2O. The number of carbonyl (C=O) groups is 1. The smallest absolute Gasteiger partial charge is 0.222 e. The van der Waals surface area contributed by atoms with Gasteiger partial charge in [-0.05, 0) is 0 Å². The van der Waals surface area contributed by atoms with E-state index in [0.717, 1.165) is 0 Å². The zero-order valence-electron chi connectivity index (χ0n) is 7.80. The van der Waals surface area contributed by atoms with Crippen LogP contribution in [0.4, 0.5) is 4.39 Å². The zero-order chi connectivity index (χ0) is 10.1. The van der Waals surface area contributed by atoms with Crippen molar-refractivity contribution in [3.63, 3.8) is 0 Å². The zero-order valence-corrected chi connectivity index (χ0v) is 7.80. The highest BCUT2D eigenvalue weighted by molar-refractivity contribution is 5.78. The molecule has 4 heteroatoms. The summed E-state index contributed by atoms with van der Waals surface area (Å²) in [4.78, 5) is 11.1. The Labute approximate surface area is 76.9 Å². The van der Waals surface area contributed by atoms with Crippen molar-refractivity contribution in [2.75, 3.05) is 0 Å². The number of amides is 1. The van der Waals surface area contributed by atoms with Gasteiger partial charge in [0.1, 0.15) is 6.07 Å². The van der Waals surface area contributed by atoms with Gasteiger partial charge in [0.15, 0.2) is 5.67 Å². The normalized spacial score (nSPS) is 32.1. The predicted molar refractivity (Wildman–Crippen MR) is 45.5 cm³/mol. The predicted octanol–water partition coefficient (Wildman–Crippen LogP) is 1.15. The molecule has 0 aromatic carbocycles. The molecule has 0 saturated heterocycles. The summed E-state index contributed by atoms with van der Waals surface area (Å²) in [5, 5.41) is 11.0. The Hall–Kier alpha value is -1.11. The van der Waals surface area contributed by atoms with Crippen LogP contribution >= 0.6 is 0 Å². The van der Waals surface area contributed by atoms with E-state index in [1.807, 2.05) is 0 Å². The van der Waals surface area contributed by atoms with Gasteiger partial charge in [-0.15, -0.1) is 0 Å². The van der Waals surface area contributed by atoms with E-state index in [2.05, 4.69) is 5.32 Å². The number of nitriles is 1. The number of alkyl halides is 1. The molecule has 1 fully saturated rings. The van der Waals surface area contributed by atoms with Crippen molar-refractivity contribution >= 4 is 5.91 Å². The van der Waals surface area contributed by atoms with E-state index in [9.17, 15) is 9.18 Å². The fourth-order valence-corrected chi connectivity index (χ4v) is 1.28. The largest absolute Gasteiger partial charge is 0.353 e. The lowest BCUT2D eigenvalue weighted by Crippen LogP contribution is -2.52. The van der Waals surface area contributed by atoms with Crippen LogP contribution in [0.1, 0.15) is 26.7 Å². The van der Waals surface area contributed by atoms with E-state index in [4.69, 9.17) is 5.26 Å². The summed E-state index contributed by atoms with van der Waals surface area (Å²) in [5.74, 6) is -0.165. The minimum Gasteiger partial charge on any atom is -0.353 e. The van der Waals surface area contributed by atoms with Gasteiger partial charge >= 0.3 is 0 Å². The number of nitrogens with one attached hydrogen (secondary N) is 1. The highest BCUT2D eigenvalue weighted by Gasteiger charge is 2.45. The summed E-state index contributed by atoms with van der Waals surface area (Å²) >= 11 is 0. The van der Waals surface area contributed by atoms with E-state index in [0.29, 0.717) is 0 Å². The average molecular weight is 184 g/mol. The number of halogens is 1. The van der Waals surface area contributed by atoms with Crippen molar-refractivity contribution in [3.05, 3.63) is 0 Å². The van der Waals surface area contributed by atoms with E-state index >= 15 is 0 Å². The molecule has 0 atom stereocenters. The van der Waals surface area contributed by atoms with Crippen LogP contribution in [0, 0.1) is 17.2 Å². The van der Waals surface area contributed by atoms with Gasteiger partial charge in [-0.3, -0.25) is 4.79 Å². The van der Waals surface area contributed by atoms with Crippen LogP contribution in [0.15, 0.2) is 0 Å². The standard InChI is InChI=1S/C9H13FN2O/c1-6(2)8(13)12-7-3-9(10,4-7)5-11/h6-7H,3-4H2,1-2H3,(H,12,13). The number of carbonyl (C=O) groups excluding carboxylic acids is 1. The van der Waals surface area contributed by atoms with Crippen molar-refractivity contribution in [1.82, 2.24) is 5.32 Å². The van der Waals surface area contributed by atoms with Crippen molar-refractivity contribution in [2.45, 2.75) is 38.4 Å². The van der Waals surface area contributed by atoms with E-state index in [1.54, 1.807) is 19.9 Å². The first-order valence-corrected chi connectivity index (χ1v) is 4.37. The molecule has 72 valence electrons. The molecule has 1 amide bonds. The highest BCUT2D eigenvalue weighted by atomic mass is 19.1. The number of rotatable bonds is 2. The Balaban J connectivity index is 2.31. The molecule has 1 aliphatic carbocycles. The molecule has 3 nitrogen and oxygen atoms in total. The Bertz CT molecular complexity index is 251. The van der Waals surface area contributed by atoms with Gasteiger partial charge in [0.2, 0.25) is 5.91 Å². The molecule has 0 aromatic rings. The maximum Gasteiger partial charge on any atom is 0.222 e. The van der Waals surface area contributed by atoms with Crippen LogP contribution < -0.4 is 5.32 Å². The topological polar surface area (TPSA) is 52.9 Å². The minimum atomic E-state index is -1.70. The molecule has 0 bridgehead atoms. The highest BCUT2D eigenvalue weighted by Crippen LogP contribution is 2.35. The lowest BCUT2D eigenvalue weighted by atomic mass is 9.78. The van der Waals surface area contributed by atoms with Crippen LogP contribution in [0.5, 0.6) is 0 Å². The summed E-state index contributed by atoms with van der Waals surface area (Å²) in [6.07, 6.45) is 0.254. The van der Waals surface area contributed by atoms with Crippen molar-refractivity contribution in [1.29, 1.82) is 5.26 Å². The minimum absolute atomic E-state index is 0.0787. The summed E-state index contributed by atoms with van der Waals surface area (Å²) in [6.45, 7) is 3.56. The van der Waals surface area contributed by atoms with Crippen molar-refractivity contribution in [3.8, 4) is 6.07 Å². The van der Waals surface area contributed by atoms with Gasteiger partial charge in [0, 0.05) is 24.8 Å². The number of nitrogens with zero attached hydrogens (tertiary/aromatic N) is 1. The van der Waals surface area contributed by atoms with Crippen LogP contribution in [0.25, 0.3) is 0 Å². The van der Waals surface area contributed by atoms with Gasteiger partial charge in [-0.1, -0.05) is 13.8 Å². The lowest BCUT2D eigenvalue weighted by Gasteiger charge is -2.36. The van der Waals surface area contributed by atoms with Crippen LogP contribution in [0.2, 0.25) is 0 Å². The van der Waals surface area contributed by atoms with E-state index < -0.39 is 5.67 Å². The molecule has 1 rings (SSSR count). The third-order valence-electron chi connectivity index (χ3n) is 2.21. The second-order valence-electron chi connectivity index (χ2n) is 3.85. The SMILES string of the molecule is CC(C)C(=O)NC1CC(F)(C#N)C1. The number of hydrogen-bond donors (Lipinski definition) is 1. The van der Waals surface area contributed by atoms with Crippen LogP contribution in [-0.4, -0.2) is 17.6 Å². The van der Waals surface area contributed by atoms with E-state index in [-0.39, 0.29) is 30.7 Å². The average Bonchev–Trinajstić information content (AvgIpc) is 2.01. The third-order valence-corrected chi connectivity index (χ3v) is 2.21. The third kappa shape index (κ3) is 2.18.